The van der Waals surface area contributed by atoms with Gasteiger partial charge in [0, 0.05) is 49.3 Å². The van der Waals surface area contributed by atoms with Crippen molar-refractivity contribution in [1.29, 1.82) is 0 Å². The second-order valence-corrected chi connectivity index (χ2v) is 11.1. The summed E-state index contributed by atoms with van der Waals surface area (Å²) in [5.41, 5.74) is 4.60. The van der Waals surface area contributed by atoms with Crippen LogP contribution >= 0.6 is 11.3 Å². The average molecular weight is 493 g/mol. The zero-order valence-corrected chi connectivity index (χ0v) is 21.6. The Morgan fingerprint density at radius 2 is 2.06 bits per heavy atom. The van der Waals surface area contributed by atoms with Gasteiger partial charge in [0.05, 0.1) is 40.6 Å². The molecule has 9 heteroatoms. The van der Waals surface area contributed by atoms with Gasteiger partial charge in [0.1, 0.15) is 5.01 Å². The number of amides is 1. The van der Waals surface area contributed by atoms with Crippen molar-refractivity contribution in [3.63, 3.8) is 0 Å². The van der Waals surface area contributed by atoms with E-state index in [9.17, 15) is 4.79 Å². The lowest BCUT2D eigenvalue weighted by Crippen LogP contribution is -2.33. The molecule has 1 aliphatic heterocycles. The van der Waals surface area contributed by atoms with E-state index >= 15 is 0 Å². The molecule has 1 aliphatic rings. The van der Waals surface area contributed by atoms with E-state index in [0.717, 1.165) is 64.5 Å². The normalized spacial score (nSPS) is 15.1. The van der Waals surface area contributed by atoms with Crippen molar-refractivity contribution in [2.75, 3.05) is 19.8 Å². The highest BCUT2D eigenvalue weighted by molar-refractivity contribution is 7.13. The van der Waals surface area contributed by atoms with E-state index in [2.05, 4.69) is 48.0 Å². The van der Waals surface area contributed by atoms with Crippen LogP contribution in [0.5, 0.6) is 0 Å². The fourth-order valence-electron chi connectivity index (χ4n) is 4.54. The summed E-state index contributed by atoms with van der Waals surface area (Å²) in [4.78, 5) is 17.4. The number of thiazole rings is 1. The summed E-state index contributed by atoms with van der Waals surface area (Å²) in [5, 5.41) is 16.3. The first kappa shape index (κ1) is 23.7. The molecule has 0 unspecified atom stereocenters. The van der Waals surface area contributed by atoms with E-state index in [0.29, 0.717) is 12.5 Å². The molecule has 1 fully saturated rings. The van der Waals surface area contributed by atoms with E-state index in [4.69, 9.17) is 14.8 Å². The molecule has 184 valence electrons. The molecule has 35 heavy (non-hydrogen) atoms. The largest absolute Gasteiger partial charge is 0.381 e. The quantitative estimate of drug-likeness (QED) is 0.431. The molecule has 8 nitrogen and oxygen atoms in total. The van der Waals surface area contributed by atoms with Gasteiger partial charge in [-0.05, 0) is 51.7 Å². The molecule has 3 aromatic heterocycles. The van der Waals surface area contributed by atoms with Crippen LogP contribution in [0.1, 0.15) is 39.3 Å². The molecule has 0 radical (unpaired) electrons. The van der Waals surface area contributed by atoms with E-state index in [1.165, 1.54) is 0 Å². The number of carbonyl (C=O) groups excluding carboxylic acids is 1. The average Bonchev–Trinajstić information content (AvgIpc) is 3.54. The molecule has 1 aromatic carbocycles. The van der Waals surface area contributed by atoms with Crippen molar-refractivity contribution in [2.24, 2.45) is 13.0 Å². The minimum absolute atomic E-state index is 0.0148. The van der Waals surface area contributed by atoms with Crippen LogP contribution in [0, 0.1) is 5.92 Å². The molecule has 1 N–H and O–H groups in total. The van der Waals surface area contributed by atoms with Crippen LogP contribution in [0.2, 0.25) is 0 Å². The second-order valence-electron chi connectivity index (χ2n) is 10.2. The van der Waals surface area contributed by atoms with Crippen LogP contribution in [-0.4, -0.2) is 50.2 Å². The highest BCUT2D eigenvalue weighted by atomic mass is 32.1. The lowest BCUT2D eigenvalue weighted by atomic mass is 10.0. The van der Waals surface area contributed by atoms with Crippen LogP contribution in [0.4, 0.5) is 0 Å². The zero-order chi connectivity index (χ0) is 24.6. The van der Waals surface area contributed by atoms with Gasteiger partial charge in [0.25, 0.3) is 0 Å². The van der Waals surface area contributed by atoms with Crippen LogP contribution in [0.15, 0.2) is 36.0 Å². The van der Waals surface area contributed by atoms with Crippen molar-refractivity contribution in [3.8, 4) is 21.8 Å². The highest BCUT2D eigenvalue weighted by Crippen LogP contribution is 2.37. The van der Waals surface area contributed by atoms with Crippen LogP contribution < -0.4 is 5.32 Å². The summed E-state index contributed by atoms with van der Waals surface area (Å²) >= 11 is 1.55. The first-order valence-corrected chi connectivity index (χ1v) is 13.0. The Kier molecular flexibility index (Phi) is 6.46. The number of aryl methyl sites for hydroxylation is 1. The summed E-state index contributed by atoms with van der Waals surface area (Å²) < 4.78 is 9.29. The fraction of sp³-hybridized carbons (Fsp3) is 0.462. The third kappa shape index (κ3) is 5.16. The Morgan fingerprint density at radius 3 is 2.83 bits per heavy atom. The molecule has 0 aliphatic carbocycles. The maximum atomic E-state index is 12.5. The molecule has 1 saturated heterocycles. The van der Waals surface area contributed by atoms with Gasteiger partial charge < -0.3 is 10.1 Å². The Balaban J connectivity index is 1.40. The Labute approximate surface area is 209 Å². The topological polar surface area (TPSA) is 86.9 Å². The first-order chi connectivity index (χ1) is 16.8. The number of aromatic nitrogens is 5. The molecular weight excluding hydrogens is 460 g/mol. The number of nitrogens with one attached hydrogen (secondary N) is 1. The predicted molar refractivity (Wildman–Crippen MR) is 138 cm³/mol. The SMILES string of the molecule is Cn1cc2cc(-c3c(-c4nc(CC(=O)NCC5CCOCC5)cs4)cnn3C(C)(C)C)ccc2n1. The first-order valence-electron chi connectivity index (χ1n) is 12.1. The summed E-state index contributed by atoms with van der Waals surface area (Å²) in [6, 6.07) is 6.30. The molecule has 0 atom stereocenters. The number of carbonyl (C=O) groups is 1. The molecule has 0 spiro atoms. The van der Waals surface area contributed by atoms with Crippen LogP contribution in [0.3, 0.4) is 0 Å². The third-order valence-electron chi connectivity index (χ3n) is 6.35. The standard InChI is InChI=1S/C26H32N6O2S/c1-26(2,3)32-24(18-5-6-22-19(11-18)15-31(4)30-22)21(14-28-32)25-29-20(16-35-25)12-23(33)27-13-17-7-9-34-10-8-17/h5-6,11,14-17H,7-10,12-13H2,1-4H3,(H,27,33). The number of fused-ring (bicyclic) bond motifs is 1. The maximum Gasteiger partial charge on any atom is 0.226 e. The Hall–Kier alpha value is -3.04. The molecule has 5 rings (SSSR count). The van der Waals surface area contributed by atoms with Crippen molar-refractivity contribution in [1.82, 2.24) is 29.9 Å². The van der Waals surface area contributed by atoms with E-state index in [1.807, 2.05) is 35.6 Å². The smallest absolute Gasteiger partial charge is 0.226 e. The number of benzene rings is 1. The monoisotopic (exact) mass is 492 g/mol. The summed E-state index contributed by atoms with van der Waals surface area (Å²) in [6.45, 7) is 8.71. The maximum absolute atomic E-state index is 12.5. The van der Waals surface area contributed by atoms with Gasteiger partial charge in [-0.15, -0.1) is 11.3 Å². The summed E-state index contributed by atoms with van der Waals surface area (Å²) in [5.74, 6) is 0.516. The molecule has 4 aromatic rings. The minimum Gasteiger partial charge on any atom is -0.381 e. The van der Waals surface area contributed by atoms with Gasteiger partial charge in [0.15, 0.2) is 0 Å². The number of rotatable bonds is 6. The molecular formula is C26H32N6O2S. The van der Waals surface area contributed by atoms with Gasteiger partial charge in [-0.3, -0.25) is 14.2 Å². The fourth-order valence-corrected chi connectivity index (χ4v) is 5.37. The van der Waals surface area contributed by atoms with E-state index in [-0.39, 0.29) is 17.9 Å². The highest BCUT2D eigenvalue weighted by Gasteiger charge is 2.25. The minimum atomic E-state index is -0.207. The Morgan fingerprint density at radius 1 is 1.26 bits per heavy atom. The molecule has 0 bridgehead atoms. The van der Waals surface area contributed by atoms with Crippen LogP contribution in [-0.2, 0) is 28.5 Å². The summed E-state index contributed by atoms with van der Waals surface area (Å²) in [6.07, 6.45) is 6.21. The van der Waals surface area contributed by atoms with Crippen molar-refractivity contribution in [2.45, 2.75) is 45.6 Å². The van der Waals surface area contributed by atoms with Gasteiger partial charge in [-0.2, -0.15) is 10.2 Å². The lowest BCUT2D eigenvalue weighted by Gasteiger charge is -2.23. The third-order valence-corrected chi connectivity index (χ3v) is 7.27. The van der Waals surface area contributed by atoms with Gasteiger partial charge >= 0.3 is 0 Å². The van der Waals surface area contributed by atoms with Crippen molar-refractivity contribution in [3.05, 3.63) is 41.7 Å². The summed E-state index contributed by atoms with van der Waals surface area (Å²) in [7, 11) is 1.93. The second kappa shape index (κ2) is 9.54. The lowest BCUT2D eigenvalue weighted by molar-refractivity contribution is -0.120. The molecule has 4 heterocycles. The number of hydrogen-bond donors (Lipinski definition) is 1. The van der Waals surface area contributed by atoms with E-state index in [1.54, 1.807) is 11.3 Å². The van der Waals surface area contributed by atoms with Crippen LogP contribution in [0.25, 0.3) is 32.7 Å². The van der Waals surface area contributed by atoms with Gasteiger partial charge in [-0.25, -0.2) is 4.98 Å². The van der Waals surface area contributed by atoms with E-state index < -0.39 is 0 Å². The molecule has 1 amide bonds. The number of hydrogen-bond acceptors (Lipinski definition) is 6. The van der Waals surface area contributed by atoms with Gasteiger partial charge in [-0.1, -0.05) is 6.07 Å². The van der Waals surface area contributed by atoms with Gasteiger partial charge in [0.2, 0.25) is 5.91 Å². The zero-order valence-electron chi connectivity index (χ0n) is 20.7. The number of ether oxygens (including phenoxy) is 1. The van der Waals surface area contributed by atoms with Crippen molar-refractivity contribution >= 4 is 28.1 Å². The number of nitrogens with zero attached hydrogens (tertiary/aromatic N) is 5. The Bertz CT molecular complexity index is 1340. The predicted octanol–water partition coefficient (Wildman–Crippen LogP) is 4.40. The molecule has 0 saturated carbocycles. The van der Waals surface area contributed by atoms with Crippen molar-refractivity contribution < 1.29 is 9.53 Å².